The van der Waals surface area contributed by atoms with E-state index >= 15 is 0 Å². The first-order valence-electron chi connectivity index (χ1n) is 10.8. The molecule has 5 rings (SSSR count). The Kier molecular flexibility index (Phi) is 5.04. The van der Waals surface area contributed by atoms with E-state index < -0.39 is 0 Å². The summed E-state index contributed by atoms with van der Waals surface area (Å²) in [4.78, 5) is 22.7. The van der Waals surface area contributed by atoms with Gasteiger partial charge < -0.3 is 14.0 Å². The molecule has 29 heavy (non-hydrogen) atoms. The lowest BCUT2D eigenvalue weighted by Crippen LogP contribution is -2.48. The number of hydrogen-bond acceptors (Lipinski definition) is 4. The monoisotopic (exact) mass is 416 g/mol. The number of hydrogen-bond donors (Lipinski definition) is 0. The van der Waals surface area contributed by atoms with Crippen LogP contribution < -0.4 is 0 Å². The minimum Gasteiger partial charge on any atom is -0.372 e. The fraction of sp³-hybridized carbons (Fsp3) is 0.636. The maximum absolute atomic E-state index is 13.5. The van der Waals surface area contributed by atoms with Crippen molar-refractivity contribution in [3.8, 4) is 0 Å². The maximum atomic E-state index is 13.5. The average Bonchev–Trinajstić information content (AvgIpc) is 3.17. The summed E-state index contributed by atoms with van der Waals surface area (Å²) < 4.78 is 7.84. The van der Waals surface area contributed by atoms with Crippen molar-refractivity contribution < 1.29 is 9.53 Å². The summed E-state index contributed by atoms with van der Waals surface area (Å²) in [5, 5.41) is 0.656. The molecule has 2 aromatic heterocycles. The summed E-state index contributed by atoms with van der Waals surface area (Å²) in [6.07, 6.45) is 7.17. The van der Waals surface area contributed by atoms with Crippen molar-refractivity contribution in [2.24, 2.45) is 5.92 Å². The highest BCUT2D eigenvalue weighted by atomic mass is 35.5. The molecule has 0 N–H and O–H groups in total. The number of ether oxygens (including phenoxy) is 1. The number of pyridine rings is 1. The Morgan fingerprint density at radius 3 is 2.76 bits per heavy atom. The zero-order valence-corrected chi connectivity index (χ0v) is 17.9. The number of likely N-dealkylation sites (tertiary alicyclic amines) is 1. The number of morpholine rings is 1. The third-order valence-electron chi connectivity index (χ3n) is 6.71. The lowest BCUT2D eigenvalue weighted by Gasteiger charge is -2.35. The molecule has 3 fully saturated rings. The van der Waals surface area contributed by atoms with Gasteiger partial charge in [-0.3, -0.25) is 9.69 Å². The average molecular weight is 417 g/mol. The van der Waals surface area contributed by atoms with E-state index in [1.54, 1.807) is 0 Å². The molecule has 2 saturated heterocycles. The summed E-state index contributed by atoms with van der Waals surface area (Å²) in [6, 6.07) is 4.36. The van der Waals surface area contributed by atoms with Gasteiger partial charge in [0.25, 0.3) is 5.91 Å². The van der Waals surface area contributed by atoms with Gasteiger partial charge in [0.1, 0.15) is 5.65 Å². The maximum Gasteiger partial charge on any atom is 0.274 e. The molecule has 0 spiro atoms. The highest BCUT2D eigenvalue weighted by Gasteiger charge is 2.37. The zero-order valence-electron chi connectivity index (χ0n) is 17.2. The van der Waals surface area contributed by atoms with Crippen molar-refractivity contribution in [3.63, 3.8) is 0 Å². The number of halogens is 1. The van der Waals surface area contributed by atoms with Gasteiger partial charge in [-0.2, -0.15) is 0 Å². The third-order valence-corrected chi connectivity index (χ3v) is 6.93. The standard InChI is InChI=1S/C22H29ClN4O2/c1-14-9-26(10-15(2)29-14)22(28)21-19(27-12-17(23)6-7-20(27)24-21)13-25-11-16-4-3-5-18(25)8-16/h6-7,12,14-16,18H,3-5,8-11,13H2,1-2H3/t14-,15+,16-,18+/m1/s1. The van der Waals surface area contributed by atoms with Gasteiger partial charge in [0.05, 0.1) is 22.9 Å². The second-order valence-corrected chi connectivity index (χ2v) is 9.50. The number of carbonyl (C=O) groups excluding carboxylic acids is 1. The largest absolute Gasteiger partial charge is 0.372 e. The molecule has 6 nitrogen and oxygen atoms in total. The second-order valence-electron chi connectivity index (χ2n) is 9.07. The van der Waals surface area contributed by atoms with Gasteiger partial charge in [0, 0.05) is 38.4 Å². The fourth-order valence-corrected chi connectivity index (χ4v) is 5.67. The SMILES string of the molecule is C[C@@H]1CN(C(=O)c2nc3ccc(Cl)cn3c2CN2C[C@@H]3CCC[C@H]2C3)C[C@H](C)O1. The smallest absolute Gasteiger partial charge is 0.274 e. The van der Waals surface area contributed by atoms with Crippen LogP contribution in [0, 0.1) is 5.92 Å². The van der Waals surface area contributed by atoms with Crippen LogP contribution in [0.4, 0.5) is 0 Å². The Labute approximate surface area is 176 Å². The molecule has 2 aromatic rings. The highest BCUT2D eigenvalue weighted by Crippen LogP contribution is 2.36. The van der Waals surface area contributed by atoms with E-state index in [0.717, 1.165) is 30.3 Å². The Balaban J connectivity index is 1.51. The first-order chi connectivity index (χ1) is 14.0. The van der Waals surface area contributed by atoms with Crippen LogP contribution in [0.2, 0.25) is 5.02 Å². The van der Waals surface area contributed by atoms with E-state index in [0.29, 0.717) is 29.8 Å². The minimum atomic E-state index is 0.00370. The number of rotatable bonds is 3. The second kappa shape index (κ2) is 7.56. The Hall–Kier alpha value is -1.63. The summed E-state index contributed by atoms with van der Waals surface area (Å²) >= 11 is 6.30. The topological polar surface area (TPSA) is 50.1 Å². The first kappa shape index (κ1) is 19.3. The summed E-state index contributed by atoms with van der Waals surface area (Å²) in [6.45, 7) is 7.11. The molecule has 2 aliphatic heterocycles. The number of aromatic nitrogens is 2. The van der Waals surface area contributed by atoms with E-state index in [4.69, 9.17) is 21.3 Å². The lowest BCUT2D eigenvalue weighted by molar-refractivity contribution is -0.0587. The molecule has 1 saturated carbocycles. The molecule has 0 radical (unpaired) electrons. The van der Waals surface area contributed by atoms with Crippen molar-refractivity contribution >= 4 is 23.2 Å². The molecule has 1 aliphatic carbocycles. The van der Waals surface area contributed by atoms with E-state index in [1.807, 2.05) is 41.5 Å². The molecular weight excluding hydrogens is 388 g/mol. The predicted molar refractivity (Wildman–Crippen MR) is 112 cm³/mol. The normalized spacial score (nSPS) is 30.2. The third kappa shape index (κ3) is 3.66. The molecular formula is C22H29ClN4O2. The molecule has 2 bridgehead atoms. The Morgan fingerprint density at radius 2 is 2.00 bits per heavy atom. The van der Waals surface area contributed by atoms with E-state index in [2.05, 4.69) is 4.90 Å². The van der Waals surface area contributed by atoms with Crippen LogP contribution in [0.15, 0.2) is 18.3 Å². The molecule has 0 aromatic carbocycles. The van der Waals surface area contributed by atoms with Crippen molar-refractivity contribution in [2.45, 2.75) is 64.3 Å². The van der Waals surface area contributed by atoms with Crippen LogP contribution in [0.25, 0.3) is 5.65 Å². The summed E-state index contributed by atoms with van der Waals surface area (Å²) in [5.41, 5.74) is 2.31. The van der Waals surface area contributed by atoms with E-state index in [1.165, 1.54) is 25.7 Å². The molecule has 7 heteroatoms. The van der Waals surface area contributed by atoms with Crippen molar-refractivity contribution in [2.75, 3.05) is 19.6 Å². The van der Waals surface area contributed by atoms with Crippen LogP contribution in [0.5, 0.6) is 0 Å². The van der Waals surface area contributed by atoms with Crippen LogP contribution in [0.1, 0.15) is 55.7 Å². The van der Waals surface area contributed by atoms with Gasteiger partial charge in [-0.15, -0.1) is 0 Å². The molecule has 3 aliphatic rings. The number of imidazole rings is 1. The Bertz CT molecular complexity index is 919. The lowest BCUT2D eigenvalue weighted by atomic mass is 9.90. The van der Waals surface area contributed by atoms with E-state index in [-0.39, 0.29) is 18.1 Å². The van der Waals surface area contributed by atoms with Gasteiger partial charge >= 0.3 is 0 Å². The zero-order chi connectivity index (χ0) is 20.1. The van der Waals surface area contributed by atoms with Gasteiger partial charge in [0.15, 0.2) is 5.69 Å². The van der Waals surface area contributed by atoms with Crippen LogP contribution >= 0.6 is 11.6 Å². The number of amides is 1. The van der Waals surface area contributed by atoms with Crippen molar-refractivity contribution in [3.05, 3.63) is 34.7 Å². The van der Waals surface area contributed by atoms with Crippen molar-refractivity contribution in [1.29, 1.82) is 0 Å². The predicted octanol–water partition coefficient (Wildman–Crippen LogP) is 3.61. The van der Waals surface area contributed by atoms with Gasteiger partial charge in [-0.05, 0) is 51.2 Å². The fourth-order valence-electron chi connectivity index (χ4n) is 5.51. The number of nitrogens with zero attached hydrogens (tertiary/aromatic N) is 4. The molecule has 156 valence electrons. The highest BCUT2D eigenvalue weighted by molar-refractivity contribution is 6.30. The van der Waals surface area contributed by atoms with Crippen LogP contribution in [-0.2, 0) is 11.3 Å². The van der Waals surface area contributed by atoms with Crippen LogP contribution in [0.3, 0.4) is 0 Å². The van der Waals surface area contributed by atoms with Crippen LogP contribution in [-0.4, -0.2) is 63.0 Å². The summed E-state index contributed by atoms with van der Waals surface area (Å²) in [7, 11) is 0. The quantitative estimate of drug-likeness (QED) is 0.766. The van der Waals surface area contributed by atoms with Crippen molar-refractivity contribution in [1.82, 2.24) is 19.2 Å². The van der Waals surface area contributed by atoms with Gasteiger partial charge in [-0.1, -0.05) is 18.0 Å². The Morgan fingerprint density at radius 1 is 1.21 bits per heavy atom. The molecule has 0 unspecified atom stereocenters. The van der Waals surface area contributed by atoms with E-state index in [9.17, 15) is 4.79 Å². The van der Waals surface area contributed by atoms with Gasteiger partial charge in [0.2, 0.25) is 0 Å². The van der Waals surface area contributed by atoms with Gasteiger partial charge in [-0.25, -0.2) is 4.98 Å². The summed E-state index contributed by atoms with van der Waals surface area (Å²) in [5.74, 6) is 0.806. The minimum absolute atomic E-state index is 0.00370. The molecule has 4 heterocycles. The molecule has 1 amide bonds. The number of carbonyl (C=O) groups is 1. The number of fused-ring (bicyclic) bond motifs is 3. The first-order valence-corrected chi connectivity index (χ1v) is 11.2. The molecule has 4 atom stereocenters.